The van der Waals surface area contributed by atoms with Crippen molar-refractivity contribution in [3.63, 3.8) is 0 Å². The number of carbonyl (C=O) groups is 2. The van der Waals surface area contributed by atoms with E-state index in [0.717, 1.165) is 0 Å². The van der Waals surface area contributed by atoms with Gasteiger partial charge in [0.15, 0.2) is 0 Å². The van der Waals surface area contributed by atoms with Crippen LogP contribution in [0, 0.1) is 10.1 Å². The standard InChI is InChI=1S/C22H26N2O7/c1-22(2,3)31-21(27)23(4)14-19(25)15-9-11-17(12-10-15)30-20(26)13-16-7-5-6-8-18(16)24(28)29/h5-12,19,25H,13-14H2,1-4H3. The molecule has 0 bridgehead atoms. The Bertz CT molecular complexity index is 936. The molecule has 1 amide bonds. The highest BCUT2D eigenvalue weighted by Crippen LogP contribution is 2.22. The van der Waals surface area contributed by atoms with Crippen LogP contribution in [0.5, 0.6) is 5.75 Å². The maximum Gasteiger partial charge on any atom is 0.410 e. The number of rotatable bonds is 7. The molecule has 2 aromatic rings. The first-order chi connectivity index (χ1) is 14.5. The van der Waals surface area contributed by atoms with Crippen molar-refractivity contribution >= 4 is 17.7 Å². The second-order valence-electron chi connectivity index (χ2n) is 7.98. The SMILES string of the molecule is CN(CC(O)c1ccc(OC(=O)Cc2ccccc2[N+](=O)[O-])cc1)C(=O)OC(C)(C)C. The number of hydrogen-bond donors (Lipinski definition) is 1. The van der Waals surface area contributed by atoms with Crippen LogP contribution in [0.25, 0.3) is 0 Å². The number of likely N-dealkylation sites (N-methyl/N-ethyl adjacent to an activating group) is 1. The summed E-state index contributed by atoms with van der Waals surface area (Å²) in [5.74, 6) is -0.410. The third-order valence-corrected chi connectivity index (χ3v) is 4.17. The molecule has 166 valence electrons. The van der Waals surface area contributed by atoms with Gasteiger partial charge in [0, 0.05) is 18.7 Å². The average molecular weight is 430 g/mol. The first kappa shape index (κ1) is 23.8. The van der Waals surface area contributed by atoms with Gasteiger partial charge in [0.2, 0.25) is 0 Å². The number of nitrogens with zero attached hydrogens (tertiary/aromatic N) is 2. The monoisotopic (exact) mass is 430 g/mol. The van der Waals surface area contributed by atoms with Crippen molar-refractivity contribution in [3.05, 3.63) is 69.8 Å². The van der Waals surface area contributed by atoms with E-state index >= 15 is 0 Å². The molecule has 2 rings (SSSR count). The lowest BCUT2D eigenvalue weighted by Gasteiger charge is -2.26. The summed E-state index contributed by atoms with van der Waals surface area (Å²) in [6.07, 6.45) is -1.76. The summed E-state index contributed by atoms with van der Waals surface area (Å²) in [7, 11) is 1.52. The fourth-order valence-corrected chi connectivity index (χ4v) is 2.70. The predicted molar refractivity (Wildman–Crippen MR) is 113 cm³/mol. The molecule has 1 unspecified atom stereocenters. The number of carbonyl (C=O) groups excluding carboxylic acids is 2. The molecule has 0 aliphatic heterocycles. The van der Waals surface area contributed by atoms with Crippen molar-refractivity contribution in [1.82, 2.24) is 4.90 Å². The number of benzene rings is 2. The van der Waals surface area contributed by atoms with E-state index in [1.54, 1.807) is 39.0 Å². The molecule has 9 nitrogen and oxygen atoms in total. The molecular weight excluding hydrogens is 404 g/mol. The number of hydrogen-bond acceptors (Lipinski definition) is 7. The smallest absolute Gasteiger partial charge is 0.410 e. The molecular formula is C22H26N2O7. The minimum Gasteiger partial charge on any atom is -0.444 e. The van der Waals surface area contributed by atoms with E-state index in [1.807, 2.05) is 0 Å². The Morgan fingerprint density at radius 1 is 1.13 bits per heavy atom. The zero-order valence-electron chi connectivity index (χ0n) is 17.9. The number of esters is 1. The van der Waals surface area contributed by atoms with Gasteiger partial charge in [-0.05, 0) is 38.5 Å². The van der Waals surface area contributed by atoms with Crippen molar-refractivity contribution < 1.29 is 29.1 Å². The van der Waals surface area contributed by atoms with Gasteiger partial charge in [-0.25, -0.2) is 4.79 Å². The average Bonchev–Trinajstić information content (AvgIpc) is 2.67. The maximum absolute atomic E-state index is 12.2. The van der Waals surface area contributed by atoms with Gasteiger partial charge < -0.3 is 19.5 Å². The van der Waals surface area contributed by atoms with Gasteiger partial charge in [-0.15, -0.1) is 0 Å². The van der Waals surface area contributed by atoms with E-state index in [-0.39, 0.29) is 30.0 Å². The van der Waals surface area contributed by atoms with Gasteiger partial charge in [0.05, 0.1) is 24.0 Å². The van der Waals surface area contributed by atoms with E-state index in [4.69, 9.17) is 9.47 Å². The molecule has 2 aromatic carbocycles. The van der Waals surface area contributed by atoms with Crippen LogP contribution in [0.15, 0.2) is 48.5 Å². The molecule has 0 saturated carbocycles. The summed E-state index contributed by atoms with van der Waals surface area (Å²) in [4.78, 5) is 35.9. The minimum atomic E-state index is -0.964. The van der Waals surface area contributed by atoms with Gasteiger partial charge in [0.1, 0.15) is 11.4 Å². The van der Waals surface area contributed by atoms with Gasteiger partial charge >= 0.3 is 12.1 Å². The number of para-hydroxylation sites is 1. The first-order valence-electron chi connectivity index (χ1n) is 9.61. The van der Waals surface area contributed by atoms with Gasteiger partial charge in [-0.1, -0.05) is 30.3 Å². The lowest BCUT2D eigenvalue weighted by Crippen LogP contribution is -2.36. The minimum absolute atomic E-state index is 0.0196. The summed E-state index contributed by atoms with van der Waals surface area (Å²) in [5, 5.41) is 21.4. The third-order valence-electron chi connectivity index (χ3n) is 4.17. The summed E-state index contributed by atoms with van der Waals surface area (Å²) in [5.41, 5.74) is -0.00204. The fourth-order valence-electron chi connectivity index (χ4n) is 2.70. The number of amides is 1. The molecule has 0 saturated heterocycles. The highest BCUT2D eigenvalue weighted by atomic mass is 16.6. The van der Waals surface area contributed by atoms with Crippen molar-refractivity contribution in [1.29, 1.82) is 0 Å². The normalized spacial score (nSPS) is 12.0. The molecule has 0 aliphatic carbocycles. The van der Waals surface area contributed by atoms with Crippen LogP contribution in [0.1, 0.15) is 38.0 Å². The van der Waals surface area contributed by atoms with Crippen LogP contribution in [-0.4, -0.2) is 46.2 Å². The lowest BCUT2D eigenvalue weighted by molar-refractivity contribution is -0.385. The summed E-state index contributed by atoms with van der Waals surface area (Å²) < 4.78 is 10.5. The second-order valence-corrected chi connectivity index (χ2v) is 7.98. The maximum atomic E-state index is 12.2. The van der Waals surface area contributed by atoms with Gasteiger partial charge in [0.25, 0.3) is 5.69 Å². The Morgan fingerprint density at radius 3 is 2.32 bits per heavy atom. The molecule has 0 fully saturated rings. The molecule has 0 heterocycles. The molecule has 1 N–H and O–H groups in total. The van der Waals surface area contributed by atoms with E-state index in [9.17, 15) is 24.8 Å². The number of nitro groups is 1. The Morgan fingerprint density at radius 2 is 1.74 bits per heavy atom. The van der Waals surface area contributed by atoms with E-state index in [0.29, 0.717) is 5.56 Å². The molecule has 1 atom stereocenters. The summed E-state index contributed by atoms with van der Waals surface area (Å²) >= 11 is 0. The number of nitro benzene ring substituents is 1. The van der Waals surface area contributed by atoms with E-state index in [2.05, 4.69) is 0 Å². The van der Waals surface area contributed by atoms with Gasteiger partial charge in [-0.2, -0.15) is 0 Å². The molecule has 0 aliphatic rings. The van der Waals surface area contributed by atoms with Crippen LogP contribution < -0.4 is 4.74 Å². The van der Waals surface area contributed by atoms with Crippen LogP contribution in [-0.2, 0) is 16.0 Å². The summed E-state index contributed by atoms with van der Waals surface area (Å²) in [6.45, 7) is 5.28. The van der Waals surface area contributed by atoms with Crippen LogP contribution in [0.2, 0.25) is 0 Å². The molecule has 9 heteroatoms. The largest absolute Gasteiger partial charge is 0.444 e. The topological polar surface area (TPSA) is 119 Å². The summed E-state index contributed by atoms with van der Waals surface area (Å²) in [6, 6.07) is 12.1. The Kier molecular flexibility index (Phi) is 7.71. The zero-order chi connectivity index (χ0) is 23.2. The Hall–Kier alpha value is -3.46. The highest BCUT2D eigenvalue weighted by molar-refractivity contribution is 5.76. The number of aliphatic hydroxyl groups is 1. The van der Waals surface area contributed by atoms with Crippen molar-refractivity contribution in [2.75, 3.05) is 13.6 Å². The van der Waals surface area contributed by atoms with E-state index in [1.165, 1.54) is 42.3 Å². The first-order valence-corrected chi connectivity index (χ1v) is 9.61. The zero-order valence-corrected chi connectivity index (χ0v) is 17.9. The fraction of sp³-hybridized carbons (Fsp3) is 0.364. The van der Waals surface area contributed by atoms with E-state index < -0.39 is 28.7 Å². The van der Waals surface area contributed by atoms with Gasteiger partial charge in [-0.3, -0.25) is 14.9 Å². The van der Waals surface area contributed by atoms with Crippen LogP contribution >= 0.6 is 0 Å². The number of aliphatic hydroxyl groups excluding tert-OH is 1. The van der Waals surface area contributed by atoms with Crippen molar-refractivity contribution in [2.24, 2.45) is 0 Å². The predicted octanol–water partition coefficient (Wildman–Crippen LogP) is 3.64. The molecule has 0 spiro atoms. The molecule has 0 radical (unpaired) electrons. The molecule has 0 aromatic heterocycles. The quantitative estimate of drug-likeness (QED) is 0.308. The third kappa shape index (κ3) is 7.38. The van der Waals surface area contributed by atoms with Crippen molar-refractivity contribution in [2.45, 2.75) is 38.9 Å². The number of ether oxygens (including phenoxy) is 2. The second kappa shape index (κ2) is 10.0. The Labute approximate surface area is 180 Å². The highest BCUT2D eigenvalue weighted by Gasteiger charge is 2.22. The van der Waals surface area contributed by atoms with Crippen molar-refractivity contribution in [3.8, 4) is 5.75 Å². The Balaban J connectivity index is 1.95. The molecule has 31 heavy (non-hydrogen) atoms. The van der Waals surface area contributed by atoms with Crippen LogP contribution in [0.3, 0.4) is 0 Å². The lowest BCUT2D eigenvalue weighted by atomic mass is 10.1. The van der Waals surface area contributed by atoms with Crippen LogP contribution in [0.4, 0.5) is 10.5 Å².